The Balaban J connectivity index is 1.60. The van der Waals surface area contributed by atoms with Gasteiger partial charge in [-0.1, -0.05) is 13.0 Å². The van der Waals surface area contributed by atoms with E-state index in [4.69, 9.17) is 4.42 Å². The van der Waals surface area contributed by atoms with Crippen molar-refractivity contribution in [2.75, 3.05) is 13.1 Å². The van der Waals surface area contributed by atoms with E-state index in [2.05, 4.69) is 22.1 Å². The van der Waals surface area contributed by atoms with E-state index in [1.54, 1.807) is 12.4 Å². The van der Waals surface area contributed by atoms with Crippen LogP contribution in [0.15, 0.2) is 41.1 Å². The van der Waals surface area contributed by atoms with E-state index in [0.29, 0.717) is 19.0 Å². The van der Waals surface area contributed by atoms with Crippen LogP contribution in [0, 0.1) is 12.8 Å². The van der Waals surface area contributed by atoms with E-state index >= 15 is 0 Å². The molecule has 1 N–H and O–H groups in total. The van der Waals surface area contributed by atoms with E-state index in [0.717, 1.165) is 36.5 Å². The zero-order valence-corrected chi connectivity index (χ0v) is 14.4. The van der Waals surface area contributed by atoms with Crippen LogP contribution in [-0.4, -0.2) is 28.9 Å². The SMILES string of the molecule is Cc1ccc([C@@H]2C[C@@H](C)CCN2CC(=O)NCc2cccnc2)o1. The van der Waals surface area contributed by atoms with Crippen molar-refractivity contribution >= 4 is 5.91 Å². The Morgan fingerprint density at radius 1 is 1.42 bits per heavy atom. The number of hydrogen-bond acceptors (Lipinski definition) is 4. The summed E-state index contributed by atoms with van der Waals surface area (Å²) in [5.74, 6) is 2.58. The van der Waals surface area contributed by atoms with Crippen molar-refractivity contribution < 1.29 is 9.21 Å². The van der Waals surface area contributed by atoms with Gasteiger partial charge in [0.25, 0.3) is 0 Å². The van der Waals surface area contributed by atoms with Gasteiger partial charge < -0.3 is 9.73 Å². The van der Waals surface area contributed by atoms with Gasteiger partial charge >= 0.3 is 0 Å². The molecular formula is C19H25N3O2. The Kier molecular flexibility index (Phi) is 5.30. The van der Waals surface area contributed by atoms with Gasteiger partial charge in [-0.05, 0) is 56.0 Å². The molecule has 0 aromatic carbocycles. The minimum atomic E-state index is 0.0432. The third-order valence-corrected chi connectivity index (χ3v) is 4.62. The molecule has 1 fully saturated rings. The van der Waals surface area contributed by atoms with E-state index in [1.165, 1.54) is 0 Å². The summed E-state index contributed by atoms with van der Waals surface area (Å²) < 4.78 is 5.83. The molecule has 5 heteroatoms. The predicted molar refractivity (Wildman–Crippen MR) is 92.2 cm³/mol. The fourth-order valence-electron chi connectivity index (χ4n) is 3.25. The number of carbonyl (C=O) groups is 1. The van der Waals surface area contributed by atoms with E-state index in [-0.39, 0.29) is 11.9 Å². The molecule has 1 amide bonds. The summed E-state index contributed by atoms with van der Waals surface area (Å²) in [5, 5.41) is 2.98. The van der Waals surface area contributed by atoms with Crippen molar-refractivity contribution in [2.45, 2.75) is 39.3 Å². The van der Waals surface area contributed by atoms with Crippen molar-refractivity contribution in [1.29, 1.82) is 0 Å². The molecule has 2 aromatic rings. The molecule has 0 spiro atoms. The second-order valence-corrected chi connectivity index (χ2v) is 6.70. The average molecular weight is 327 g/mol. The summed E-state index contributed by atoms with van der Waals surface area (Å²) in [6.07, 6.45) is 5.66. The molecule has 0 aliphatic carbocycles. The summed E-state index contributed by atoms with van der Waals surface area (Å²) in [6, 6.07) is 8.06. The number of nitrogens with zero attached hydrogens (tertiary/aromatic N) is 2. The van der Waals surface area contributed by atoms with Crippen LogP contribution >= 0.6 is 0 Å². The highest BCUT2D eigenvalue weighted by molar-refractivity contribution is 5.78. The number of pyridine rings is 1. The molecule has 128 valence electrons. The summed E-state index contributed by atoms with van der Waals surface area (Å²) in [5.41, 5.74) is 1.01. The smallest absolute Gasteiger partial charge is 0.234 e. The van der Waals surface area contributed by atoms with Crippen LogP contribution in [-0.2, 0) is 11.3 Å². The molecular weight excluding hydrogens is 302 g/mol. The maximum absolute atomic E-state index is 12.3. The first-order chi connectivity index (χ1) is 11.6. The zero-order chi connectivity index (χ0) is 16.9. The average Bonchev–Trinajstić information content (AvgIpc) is 3.02. The summed E-state index contributed by atoms with van der Waals surface area (Å²) >= 11 is 0. The minimum absolute atomic E-state index is 0.0432. The monoisotopic (exact) mass is 327 g/mol. The lowest BCUT2D eigenvalue weighted by Crippen LogP contribution is -2.42. The first-order valence-corrected chi connectivity index (χ1v) is 8.58. The number of piperidine rings is 1. The number of rotatable bonds is 5. The zero-order valence-electron chi connectivity index (χ0n) is 14.4. The van der Waals surface area contributed by atoms with Crippen LogP contribution in [0.2, 0.25) is 0 Å². The number of aryl methyl sites for hydroxylation is 1. The third-order valence-electron chi connectivity index (χ3n) is 4.62. The molecule has 1 saturated heterocycles. The molecule has 0 saturated carbocycles. The van der Waals surface area contributed by atoms with Gasteiger partial charge in [0.15, 0.2) is 0 Å². The molecule has 0 unspecified atom stereocenters. The lowest BCUT2D eigenvalue weighted by Gasteiger charge is -2.36. The van der Waals surface area contributed by atoms with Crippen LogP contribution in [0.25, 0.3) is 0 Å². The van der Waals surface area contributed by atoms with Crippen molar-refractivity contribution in [3.05, 3.63) is 53.7 Å². The maximum Gasteiger partial charge on any atom is 0.234 e. The molecule has 0 bridgehead atoms. The van der Waals surface area contributed by atoms with Gasteiger partial charge in [-0.2, -0.15) is 0 Å². The van der Waals surface area contributed by atoms with Gasteiger partial charge in [0.05, 0.1) is 12.6 Å². The standard InChI is InChI=1S/C19H25N3O2/c1-14-7-9-22(17(10-14)18-6-5-15(2)24-18)13-19(23)21-12-16-4-3-8-20-11-16/h3-6,8,11,14,17H,7,9-10,12-13H2,1-2H3,(H,21,23)/t14-,17-/m0/s1. The van der Waals surface area contributed by atoms with Gasteiger partial charge in [-0.3, -0.25) is 14.7 Å². The third kappa shape index (κ3) is 4.23. The van der Waals surface area contributed by atoms with E-state index in [9.17, 15) is 4.79 Å². The maximum atomic E-state index is 12.3. The van der Waals surface area contributed by atoms with Crippen molar-refractivity contribution in [2.24, 2.45) is 5.92 Å². The molecule has 2 atom stereocenters. The van der Waals surface area contributed by atoms with Crippen LogP contribution in [0.4, 0.5) is 0 Å². The summed E-state index contributed by atoms with van der Waals surface area (Å²) in [7, 11) is 0. The van der Waals surface area contributed by atoms with Crippen molar-refractivity contribution in [1.82, 2.24) is 15.2 Å². The molecule has 3 rings (SSSR count). The van der Waals surface area contributed by atoms with Gasteiger partial charge in [-0.25, -0.2) is 0 Å². The van der Waals surface area contributed by atoms with Crippen LogP contribution in [0.3, 0.4) is 0 Å². The van der Waals surface area contributed by atoms with Gasteiger partial charge in [0.2, 0.25) is 5.91 Å². The fourth-order valence-corrected chi connectivity index (χ4v) is 3.25. The van der Waals surface area contributed by atoms with Gasteiger partial charge in [0.1, 0.15) is 11.5 Å². The lowest BCUT2D eigenvalue weighted by atomic mass is 9.91. The number of likely N-dealkylation sites (tertiary alicyclic amines) is 1. The molecule has 3 heterocycles. The second-order valence-electron chi connectivity index (χ2n) is 6.70. The second kappa shape index (κ2) is 7.62. The number of nitrogens with one attached hydrogen (secondary N) is 1. The Morgan fingerprint density at radius 2 is 2.29 bits per heavy atom. The summed E-state index contributed by atoms with van der Waals surface area (Å²) in [4.78, 5) is 18.6. The fraction of sp³-hybridized carbons (Fsp3) is 0.474. The molecule has 0 radical (unpaired) electrons. The van der Waals surface area contributed by atoms with Crippen molar-refractivity contribution in [3.63, 3.8) is 0 Å². The first kappa shape index (κ1) is 16.7. The number of aromatic nitrogens is 1. The Bertz CT molecular complexity index is 668. The number of carbonyl (C=O) groups excluding carboxylic acids is 1. The molecule has 1 aliphatic heterocycles. The Labute approximate surface area is 143 Å². The number of furan rings is 1. The number of amides is 1. The van der Waals surface area contributed by atoms with Crippen LogP contribution < -0.4 is 5.32 Å². The number of hydrogen-bond donors (Lipinski definition) is 1. The van der Waals surface area contributed by atoms with E-state index in [1.807, 2.05) is 31.2 Å². The first-order valence-electron chi connectivity index (χ1n) is 8.58. The van der Waals surface area contributed by atoms with Crippen molar-refractivity contribution in [3.8, 4) is 0 Å². The lowest BCUT2D eigenvalue weighted by molar-refractivity contribution is -0.123. The Morgan fingerprint density at radius 3 is 3.00 bits per heavy atom. The minimum Gasteiger partial charge on any atom is -0.465 e. The summed E-state index contributed by atoms with van der Waals surface area (Å²) in [6.45, 7) is 6.06. The Hall–Kier alpha value is -2.14. The van der Waals surface area contributed by atoms with Gasteiger partial charge in [0, 0.05) is 18.9 Å². The molecule has 2 aromatic heterocycles. The van der Waals surface area contributed by atoms with Crippen LogP contribution in [0.5, 0.6) is 0 Å². The predicted octanol–water partition coefficient (Wildman–Crippen LogP) is 3.07. The quantitative estimate of drug-likeness (QED) is 0.917. The largest absolute Gasteiger partial charge is 0.465 e. The normalized spacial score (nSPS) is 21.6. The highest BCUT2D eigenvalue weighted by Gasteiger charge is 2.30. The van der Waals surface area contributed by atoms with E-state index < -0.39 is 0 Å². The highest BCUT2D eigenvalue weighted by Crippen LogP contribution is 2.34. The molecule has 5 nitrogen and oxygen atoms in total. The molecule has 24 heavy (non-hydrogen) atoms. The van der Waals surface area contributed by atoms with Gasteiger partial charge in [-0.15, -0.1) is 0 Å². The molecule has 1 aliphatic rings. The topological polar surface area (TPSA) is 58.4 Å². The highest BCUT2D eigenvalue weighted by atomic mass is 16.3. The van der Waals surface area contributed by atoms with Crippen LogP contribution in [0.1, 0.15) is 42.9 Å².